The zero-order valence-corrected chi connectivity index (χ0v) is 6.81. The second-order valence-electron chi connectivity index (χ2n) is 2.80. The smallest absolute Gasteiger partial charge is 0.407 e. The number of aliphatic hydroxyl groups is 1. The summed E-state index contributed by atoms with van der Waals surface area (Å²) in [5.74, 6) is 0. The lowest BCUT2D eigenvalue weighted by Crippen LogP contribution is -2.32. The van der Waals surface area contributed by atoms with Gasteiger partial charge in [-0.05, 0) is 12.8 Å². The standard InChI is InChI=1S/C8H13NO3/c10-6-2-4-7-3-1-5-9(7)8(11)12/h2,4,7,10H,1,3,5-6H2,(H,11,12)/t7-/m1/s1. The number of likely N-dealkylation sites (tertiary alicyclic amines) is 1. The summed E-state index contributed by atoms with van der Waals surface area (Å²) in [6.45, 7) is 0.583. The Kier molecular flexibility index (Phi) is 3.10. The number of rotatable bonds is 2. The van der Waals surface area contributed by atoms with Crippen LogP contribution in [0.5, 0.6) is 0 Å². The maximum Gasteiger partial charge on any atom is 0.407 e. The van der Waals surface area contributed by atoms with Crippen molar-refractivity contribution in [2.45, 2.75) is 18.9 Å². The van der Waals surface area contributed by atoms with Crippen molar-refractivity contribution in [2.24, 2.45) is 0 Å². The molecule has 2 N–H and O–H groups in total. The molecule has 68 valence electrons. The van der Waals surface area contributed by atoms with E-state index in [1.165, 1.54) is 4.90 Å². The third kappa shape index (κ3) is 1.98. The molecule has 0 unspecified atom stereocenters. The summed E-state index contributed by atoms with van der Waals surface area (Å²) in [6, 6.07) is -0.0327. The molecule has 4 nitrogen and oxygen atoms in total. The zero-order valence-electron chi connectivity index (χ0n) is 6.81. The predicted octanol–water partition coefficient (Wildman–Crippen LogP) is 0.677. The predicted molar refractivity (Wildman–Crippen MR) is 44.0 cm³/mol. The van der Waals surface area contributed by atoms with Crippen LogP contribution >= 0.6 is 0 Å². The lowest BCUT2D eigenvalue weighted by Gasteiger charge is -2.17. The zero-order chi connectivity index (χ0) is 8.97. The summed E-state index contributed by atoms with van der Waals surface area (Å²) in [6.07, 6.45) is 4.24. The van der Waals surface area contributed by atoms with E-state index in [1.54, 1.807) is 12.2 Å². The van der Waals surface area contributed by atoms with Crippen LogP contribution in [0, 0.1) is 0 Å². The highest BCUT2D eigenvalue weighted by atomic mass is 16.4. The topological polar surface area (TPSA) is 60.8 Å². The van der Waals surface area contributed by atoms with Crippen LogP contribution in [0.25, 0.3) is 0 Å². The fraction of sp³-hybridized carbons (Fsp3) is 0.625. The average Bonchev–Trinajstić information content (AvgIpc) is 2.48. The molecule has 1 aliphatic rings. The van der Waals surface area contributed by atoms with Crippen molar-refractivity contribution in [1.29, 1.82) is 0 Å². The third-order valence-corrected chi connectivity index (χ3v) is 2.01. The number of hydrogen-bond acceptors (Lipinski definition) is 2. The number of nitrogens with zero attached hydrogens (tertiary/aromatic N) is 1. The quantitative estimate of drug-likeness (QED) is 0.600. The Morgan fingerprint density at radius 2 is 2.42 bits per heavy atom. The third-order valence-electron chi connectivity index (χ3n) is 2.01. The molecule has 0 saturated carbocycles. The van der Waals surface area contributed by atoms with Gasteiger partial charge in [-0.1, -0.05) is 12.2 Å². The van der Waals surface area contributed by atoms with Crippen molar-refractivity contribution in [3.63, 3.8) is 0 Å². The molecule has 4 heteroatoms. The molecule has 0 radical (unpaired) electrons. The van der Waals surface area contributed by atoms with Crippen LogP contribution < -0.4 is 0 Å². The van der Waals surface area contributed by atoms with Gasteiger partial charge >= 0.3 is 6.09 Å². The van der Waals surface area contributed by atoms with E-state index in [-0.39, 0.29) is 12.6 Å². The molecule has 0 aromatic heterocycles. The fourth-order valence-electron chi connectivity index (χ4n) is 1.45. The van der Waals surface area contributed by atoms with Crippen molar-refractivity contribution in [2.75, 3.05) is 13.2 Å². The molecule has 1 aliphatic heterocycles. The molecule has 0 aromatic rings. The van der Waals surface area contributed by atoms with E-state index < -0.39 is 6.09 Å². The van der Waals surface area contributed by atoms with E-state index in [4.69, 9.17) is 10.2 Å². The number of amides is 1. The molecule has 0 bridgehead atoms. The summed E-state index contributed by atoms with van der Waals surface area (Å²) in [4.78, 5) is 12.0. The van der Waals surface area contributed by atoms with Gasteiger partial charge in [0.05, 0.1) is 12.6 Å². The van der Waals surface area contributed by atoms with Crippen LogP contribution in [-0.2, 0) is 0 Å². The van der Waals surface area contributed by atoms with Gasteiger partial charge in [0.2, 0.25) is 0 Å². The molecule has 1 rings (SSSR count). The minimum atomic E-state index is -0.875. The number of carboxylic acid groups (broad SMARTS) is 1. The minimum absolute atomic E-state index is 0.0239. The molecule has 12 heavy (non-hydrogen) atoms. The molecule has 0 spiro atoms. The monoisotopic (exact) mass is 171 g/mol. The number of aliphatic hydroxyl groups excluding tert-OH is 1. The molecule has 1 amide bonds. The average molecular weight is 171 g/mol. The normalized spacial score (nSPS) is 23.8. The second kappa shape index (κ2) is 4.11. The highest BCUT2D eigenvalue weighted by molar-refractivity contribution is 5.66. The van der Waals surface area contributed by atoms with E-state index >= 15 is 0 Å². The maximum atomic E-state index is 10.6. The molecule has 0 aromatic carbocycles. The van der Waals surface area contributed by atoms with E-state index in [0.717, 1.165) is 12.8 Å². The van der Waals surface area contributed by atoms with Crippen LogP contribution in [0.1, 0.15) is 12.8 Å². The number of hydrogen-bond donors (Lipinski definition) is 2. The van der Waals surface area contributed by atoms with Crippen molar-refractivity contribution in [3.8, 4) is 0 Å². The summed E-state index contributed by atoms with van der Waals surface area (Å²) in [7, 11) is 0. The summed E-state index contributed by atoms with van der Waals surface area (Å²) in [5, 5.41) is 17.2. The van der Waals surface area contributed by atoms with Crippen molar-refractivity contribution >= 4 is 6.09 Å². The van der Waals surface area contributed by atoms with E-state index in [9.17, 15) is 4.79 Å². The van der Waals surface area contributed by atoms with Crippen LogP contribution in [0.3, 0.4) is 0 Å². The Morgan fingerprint density at radius 1 is 1.67 bits per heavy atom. The molecular formula is C8H13NO3. The highest BCUT2D eigenvalue weighted by Crippen LogP contribution is 2.17. The molecule has 1 atom stereocenters. The van der Waals surface area contributed by atoms with Crippen LogP contribution in [-0.4, -0.2) is 40.4 Å². The molecule has 1 heterocycles. The first kappa shape index (κ1) is 9.06. The minimum Gasteiger partial charge on any atom is -0.465 e. The van der Waals surface area contributed by atoms with E-state index in [1.807, 2.05) is 0 Å². The number of carbonyl (C=O) groups is 1. The Labute approximate surface area is 71.1 Å². The van der Waals surface area contributed by atoms with Gasteiger partial charge in [0.1, 0.15) is 0 Å². The van der Waals surface area contributed by atoms with Crippen molar-refractivity contribution in [3.05, 3.63) is 12.2 Å². The van der Waals surface area contributed by atoms with Crippen molar-refractivity contribution < 1.29 is 15.0 Å². The largest absolute Gasteiger partial charge is 0.465 e. The first-order valence-corrected chi connectivity index (χ1v) is 4.03. The van der Waals surface area contributed by atoms with Gasteiger partial charge < -0.3 is 15.1 Å². The van der Waals surface area contributed by atoms with Gasteiger partial charge in [0.15, 0.2) is 0 Å². The molecular weight excluding hydrogens is 158 g/mol. The maximum absolute atomic E-state index is 10.6. The summed E-state index contributed by atoms with van der Waals surface area (Å²) >= 11 is 0. The lowest BCUT2D eigenvalue weighted by atomic mass is 10.2. The summed E-state index contributed by atoms with van der Waals surface area (Å²) < 4.78 is 0. The molecule has 1 fully saturated rings. The van der Waals surface area contributed by atoms with Crippen LogP contribution in [0.2, 0.25) is 0 Å². The van der Waals surface area contributed by atoms with Crippen LogP contribution in [0.4, 0.5) is 4.79 Å². The van der Waals surface area contributed by atoms with Gasteiger partial charge in [-0.2, -0.15) is 0 Å². The first-order chi connectivity index (χ1) is 5.75. The highest BCUT2D eigenvalue weighted by Gasteiger charge is 2.25. The molecule has 1 saturated heterocycles. The Bertz CT molecular complexity index is 191. The SMILES string of the molecule is O=C(O)N1CCC[C@@H]1C=CCO. The Hall–Kier alpha value is -1.03. The van der Waals surface area contributed by atoms with Gasteiger partial charge in [-0.3, -0.25) is 0 Å². The van der Waals surface area contributed by atoms with Crippen LogP contribution in [0.15, 0.2) is 12.2 Å². The van der Waals surface area contributed by atoms with E-state index in [2.05, 4.69) is 0 Å². The van der Waals surface area contributed by atoms with E-state index in [0.29, 0.717) is 6.54 Å². The van der Waals surface area contributed by atoms with Gasteiger partial charge in [0.25, 0.3) is 0 Å². The van der Waals surface area contributed by atoms with Gasteiger partial charge in [0, 0.05) is 6.54 Å². The first-order valence-electron chi connectivity index (χ1n) is 4.03. The lowest BCUT2D eigenvalue weighted by molar-refractivity contribution is 0.147. The fourth-order valence-corrected chi connectivity index (χ4v) is 1.45. The molecule has 0 aliphatic carbocycles. The second-order valence-corrected chi connectivity index (χ2v) is 2.80. The van der Waals surface area contributed by atoms with Gasteiger partial charge in [-0.15, -0.1) is 0 Å². The Morgan fingerprint density at radius 3 is 3.00 bits per heavy atom. The Balaban J connectivity index is 2.52. The summed E-state index contributed by atoms with van der Waals surface area (Å²) in [5.41, 5.74) is 0. The van der Waals surface area contributed by atoms with Crippen molar-refractivity contribution in [1.82, 2.24) is 4.90 Å². The van der Waals surface area contributed by atoms with Gasteiger partial charge in [-0.25, -0.2) is 4.79 Å².